The molecule has 1 saturated heterocycles. The minimum Gasteiger partial charge on any atom is -0.481 e. The number of hydrogen-bond acceptors (Lipinski definition) is 3. The summed E-state index contributed by atoms with van der Waals surface area (Å²) in [5, 5.41) is 8.89. The van der Waals surface area contributed by atoms with Crippen LogP contribution < -0.4 is 0 Å². The first-order chi connectivity index (χ1) is 12.0. The van der Waals surface area contributed by atoms with Crippen LogP contribution >= 0.6 is 0 Å². The summed E-state index contributed by atoms with van der Waals surface area (Å²) in [6, 6.07) is 4.05. The number of carbonyl (C=O) groups is 2. The quantitative estimate of drug-likeness (QED) is 0.824. The first-order valence-corrected chi connectivity index (χ1v) is 9.29. The normalized spacial score (nSPS) is 18.4. The van der Waals surface area contributed by atoms with Gasteiger partial charge in [0, 0.05) is 37.1 Å². The van der Waals surface area contributed by atoms with Crippen LogP contribution in [-0.2, 0) is 24.1 Å². The second-order valence-electron chi connectivity index (χ2n) is 7.13. The maximum atomic E-state index is 12.4. The van der Waals surface area contributed by atoms with E-state index in [1.54, 1.807) is 11.8 Å². The molecule has 1 N–H and O–H groups in total. The highest BCUT2D eigenvalue weighted by Crippen LogP contribution is 2.20. The van der Waals surface area contributed by atoms with Crippen LogP contribution in [0.25, 0.3) is 0 Å². The Morgan fingerprint density at radius 2 is 2.08 bits per heavy atom. The van der Waals surface area contributed by atoms with Gasteiger partial charge in [0.25, 0.3) is 0 Å². The minimum absolute atomic E-state index is 0.00136. The Hall–Kier alpha value is -2.11. The van der Waals surface area contributed by atoms with Crippen molar-refractivity contribution in [3.63, 3.8) is 0 Å². The molecule has 0 saturated carbocycles. The van der Waals surface area contributed by atoms with Gasteiger partial charge in [-0.15, -0.1) is 0 Å². The predicted octanol–water partition coefficient (Wildman–Crippen LogP) is 2.49. The first kappa shape index (κ1) is 17.7. The highest BCUT2D eigenvalue weighted by atomic mass is 16.4. The van der Waals surface area contributed by atoms with Gasteiger partial charge in [-0.2, -0.15) is 0 Å². The molecule has 1 fully saturated rings. The number of aryl methyl sites for hydroxylation is 3. The Kier molecular flexibility index (Phi) is 5.56. The Morgan fingerprint density at radius 3 is 2.88 bits per heavy atom. The summed E-state index contributed by atoms with van der Waals surface area (Å²) < 4.78 is 0. The minimum atomic E-state index is -0.864. The lowest BCUT2D eigenvalue weighted by Crippen LogP contribution is -2.39. The molecule has 6 nitrogen and oxygen atoms in total. The van der Waals surface area contributed by atoms with Crippen LogP contribution in [0.4, 0.5) is 4.79 Å². The van der Waals surface area contributed by atoms with Gasteiger partial charge in [0.1, 0.15) is 0 Å². The molecular weight excluding hydrogens is 318 g/mol. The molecule has 2 heterocycles. The van der Waals surface area contributed by atoms with Crippen LogP contribution in [-0.4, -0.2) is 57.6 Å². The summed E-state index contributed by atoms with van der Waals surface area (Å²) in [6.07, 6.45) is 6.50. The number of hydrogen-bond donors (Lipinski definition) is 1. The van der Waals surface area contributed by atoms with Crippen LogP contribution in [0.5, 0.6) is 0 Å². The van der Waals surface area contributed by atoms with Gasteiger partial charge < -0.3 is 14.9 Å². The topological polar surface area (TPSA) is 73.7 Å². The monoisotopic (exact) mass is 345 g/mol. The number of nitrogens with zero attached hydrogens (tertiary/aromatic N) is 3. The van der Waals surface area contributed by atoms with Crippen LogP contribution in [0.15, 0.2) is 12.1 Å². The molecule has 1 aliphatic heterocycles. The summed E-state index contributed by atoms with van der Waals surface area (Å²) in [7, 11) is 0. The van der Waals surface area contributed by atoms with Crippen LogP contribution in [0.2, 0.25) is 0 Å². The maximum Gasteiger partial charge on any atom is 0.320 e. The number of amides is 2. The van der Waals surface area contributed by atoms with Crippen LogP contribution in [0, 0.1) is 0 Å². The average molecular weight is 345 g/mol. The molecule has 0 spiro atoms. The fraction of sp³-hybridized carbons (Fsp3) is 0.632. The third kappa shape index (κ3) is 4.30. The van der Waals surface area contributed by atoms with E-state index < -0.39 is 5.97 Å². The molecule has 0 bridgehead atoms. The molecule has 3 rings (SSSR count). The zero-order chi connectivity index (χ0) is 17.8. The Morgan fingerprint density at radius 1 is 1.28 bits per heavy atom. The van der Waals surface area contributed by atoms with Crippen molar-refractivity contribution in [1.29, 1.82) is 0 Å². The Bertz CT molecular complexity index is 647. The highest BCUT2D eigenvalue weighted by Gasteiger charge is 2.32. The number of rotatable bonds is 7. The van der Waals surface area contributed by atoms with Gasteiger partial charge in [0.2, 0.25) is 0 Å². The number of fused-ring (bicyclic) bond motifs is 1. The maximum absolute atomic E-state index is 12.4. The average Bonchev–Trinajstić information content (AvgIpc) is 2.95. The fourth-order valence-corrected chi connectivity index (χ4v) is 3.80. The van der Waals surface area contributed by atoms with Crippen LogP contribution in [0.3, 0.4) is 0 Å². The number of aliphatic carboxylic acids is 1. The van der Waals surface area contributed by atoms with E-state index in [-0.39, 0.29) is 18.5 Å². The Balaban J connectivity index is 1.48. The van der Waals surface area contributed by atoms with Gasteiger partial charge in [-0.25, -0.2) is 4.79 Å². The largest absolute Gasteiger partial charge is 0.481 e. The van der Waals surface area contributed by atoms with E-state index in [2.05, 4.69) is 12.1 Å². The standard InChI is InChI=1S/C19H27N3O3/c1-14(13-18(23)24)22-12-11-21(19(22)25)10-4-6-16-9-8-15-5-2-3-7-17(15)20-16/h8-9,14H,2-7,10-13H2,1H3,(H,23,24)/t14-/m1/s1. The van der Waals surface area contributed by atoms with Crippen molar-refractivity contribution in [2.45, 2.75) is 57.9 Å². The molecule has 25 heavy (non-hydrogen) atoms. The van der Waals surface area contributed by atoms with Crippen molar-refractivity contribution in [2.24, 2.45) is 0 Å². The molecular formula is C19H27N3O3. The molecule has 1 aliphatic carbocycles. The van der Waals surface area contributed by atoms with E-state index in [1.165, 1.54) is 24.1 Å². The van der Waals surface area contributed by atoms with Gasteiger partial charge in [-0.1, -0.05) is 6.07 Å². The molecule has 136 valence electrons. The van der Waals surface area contributed by atoms with Crippen molar-refractivity contribution < 1.29 is 14.7 Å². The number of carboxylic acid groups (broad SMARTS) is 1. The van der Waals surface area contributed by atoms with E-state index in [0.29, 0.717) is 19.6 Å². The summed E-state index contributed by atoms with van der Waals surface area (Å²) in [6.45, 7) is 3.80. The van der Waals surface area contributed by atoms with Crippen molar-refractivity contribution in [1.82, 2.24) is 14.8 Å². The zero-order valence-corrected chi connectivity index (χ0v) is 14.9. The SMILES string of the molecule is C[C@H](CC(=O)O)N1CCN(CCCc2ccc3c(n2)CCCC3)C1=O. The molecule has 2 aliphatic rings. The predicted molar refractivity (Wildman–Crippen MR) is 94.6 cm³/mol. The van der Waals surface area contributed by atoms with Gasteiger partial charge in [0.05, 0.1) is 6.42 Å². The number of carbonyl (C=O) groups excluding carboxylic acids is 1. The highest BCUT2D eigenvalue weighted by molar-refractivity contribution is 5.78. The van der Waals surface area contributed by atoms with Crippen molar-refractivity contribution in [2.75, 3.05) is 19.6 Å². The van der Waals surface area contributed by atoms with Gasteiger partial charge in [-0.05, 0) is 57.1 Å². The molecule has 1 aromatic rings. The van der Waals surface area contributed by atoms with Crippen molar-refractivity contribution in [3.05, 3.63) is 29.1 Å². The van der Waals surface area contributed by atoms with Gasteiger partial charge in [0.15, 0.2) is 0 Å². The van der Waals surface area contributed by atoms with E-state index in [0.717, 1.165) is 31.4 Å². The van der Waals surface area contributed by atoms with Crippen LogP contribution in [0.1, 0.15) is 49.6 Å². The molecule has 6 heteroatoms. The second-order valence-corrected chi connectivity index (χ2v) is 7.13. The molecule has 1 aromatic heterocycles. The molecule has 1 atom stereocenters. The molecule has 0 aromatic carbocycles. The summed E-state index contributed by atoms with van der Waals surface area (Å²) in [4.78, 5) is 31.5. The van der Waals surface area contributed by atoms with Gasteiger partial charge >= 0.3 is 12.0 Å². The lowest BCUT2D eigenvalue weighted by molar-refractivity contribution is -0.137. The number of carboxylic acids is 1. The molecule has 0 radical (unpaired) electrons. The van der Waals surface area contributed by atoms with Crippen molar-refractivity contribution in [3.8, 4) is 0 Å². The number of urea groups is 1. The zero-order valence-electron chi connectivity index (χ0n) is 14.9. The summed E-state index contributed by atoms with van der Waals surface area (Å²) in [5.41, 5.74) is 3.77. The smallest absolute Gasteiger partial charge is 0.320 e. The fourth-order valence-electron chi connectivity index (χ4n) is 3.80. The third-order valence-electron chi connectivity index (χ3n) is 5.23. The van der Waals surface area contributed by atoms with E-state index >= 15 is 0 Å². The third-order valence-corrected chi connectivity index (χ3v) is 5.23. The van der Waals surface area contributed by atoms with E-state index in [1.807, 2.05) is 4.90 Å². The second kappa shape index (κ2) is 7.85. The Labute approximate surface area is 148 Å². The lowest BCUT2D eigenvalue weighted by Gasteiger charge is -2.23. The van der Waals surface area contributed by atoms with Gasteiger partial charge in [-0.3, -0.25) is 9.78 Å². The van der Waals surface area contributed by atoms with E-state index in [9.17, 15) is 9.59 Å². The van der Waals surface area contributed by atoms with Crippen molar-refractivity contribution >= 4 is 12.0 Å². The molecule has 2 amide bonds. The lowest BCUT2D eigenvalue weighted by atomic mass is 9.95. The molecule has 0 unspecified atom stereocenters. The van der Waals surface area contributed by atoms with E-state index in [4.69, 9.17) is 10.1 Å². The number of pyridine rings is 1. The number of aromatic nitrogens is 1. The summed E-state index contributed by atoms with van der Waals surface area (Å²) >= 11 is 0. The summed E-state index contributed by atoms with van der Waals surface area (Å²) in [5.74, 6) is -0.864. The first-order valence-electron chi connectivity index (χ1n) is 9.29.